The molecule has 0 saturated heterocycles. The Morgan fingerprint density at radius 3 is 2.30 bits per heavy atom. The molecule has 0 saturated carbocycles. The maximum absolute atomic E-state index is 13.4. The van der Waals surface area contributed by atoms with E-state index in [1.165, 1.54) is 16.2 Å². The normalized spacial score (nSPS) is 15.6. The lowest BCUT2D eigenvalue weighted by atomic mass is 9.72. The van der Waals surface area contributed by atoms with Crippen LogP contribution in [0.5, 0.6) is 0 Å². The van der Waals surface area contributed by atoms with Gasteiger partial charge in [0.1, 0.15) is 5.00 Å². The van der Waals surface area contributed by atoms with Crippen molar-refractivity contribution in [2.24, 2.45) is 11.3 Å². The van der Waals surface area contributed by atoms with E-state index in [2.05, 4.69) is 47.3 Å². The van der Waals surface area contributed by atoms with Gasteiger partial charge >= 0.3 is 0 Å². The molecule has 0 radical (unpaired) electrons. The number of thiophene rings is 1. The number of benzene rings is 2. The van der Waals surface area contributed by atoms with E-state index in [-0.39, 0.29) is 17.2 Å². The van der Waals surface area contributed by atoms with Crippen molar-refractivity contribution in [1.29, 1.82) is 0 Å². The van der Waals surface area contributed by atoms with Crippen LogP contribution in [0, 0.1) is 11.3 Å². The van der Waals surface area contributed by atoms with Gasteiger partial charge in [0.15, 0.2) is 0 Å². The van der Waals surface area contributed by atoms with Crippen LogP contribution in [-0.4, -0.2) is 11.8 Å². The number of nitrogens with one attached hydrogen (secondary N) is 2. The van der Waals surface area contributed by atoms with Crippen LogP contribution < -0.4 is 10.6 Å². The molecule has 1 aliphatic rings. The van der Waals surface area contributed by atoms with Crippen LogP contribution in [0.2, 0.25) is 5.02 Å². The van der Waals surface area contributed by atoms with Crippen molar-refractivity contribution in [3.8, 4) is 0 Å². The SMILES string of the molecule is CC(C)(C)C1CCc2c(sc(NC(=O)c3ccc(Br)cc3)c2C(=O)Nc2ccc(Cl)cc2)C1. The standard InChI is InChI=1S/C26H26BrClN2O2S/c1-26(2,3)16-6-13-20-21(14-16)33-25(30-23(31)15-4-7-17(27)8-5-15)22(20)24(32)29-19-11-9-18(28)10-12-19/h4-5,7-12,16H,6,13-14H2,1-3H3,(H,29,32)(H,30,31). The Morgan fingerprint density at radius 2 is 1.67 bits per heavy atom. The molecule has 1 aliphatic carbocycles. The van der Waals surface area contributed by atoms with Gasteiger partial charge < -0.3 is 10.6 Å². The zero-order chi connectivity index (χ0) is 23.8. The molecule has 0 bridgehead atoms. The van der Waals surface area contributed by atoms with Crippen molar-refractivity contribution in [2.45, 2.75) is 40.0 Å². The van der Waals surface area contributed by atoms with Crippen LogP contribution >= 0.6 is 38.9 Å². The average molecular weight is 546 g/mol. The molecular formula is C26H26BrClN2O2S. The number of anilines is 2. The van der Waals surface area contributed by atoms with Crippen molar-refractivity contribution in [2.75, 3.05) is 10.6 Å². The summed E-state index contributed by atoms with van der Waals surface area (Å²) in [7, 11) is 0. The first-order valence-electron chi connectivity index (χ1n) is 10.9. The number of carbonyl (C=O) groups excluding carboxylic acids is 2. The molecule has 33 heavy (non-hydrogen) atoms. The molecule has 0 spiro atoms. The minimum Gasteiger partial charge on any atom is -0.322 e. The Bertz CT molecular complexity index is 1180. The van der Waals surface area contributed by atoms with E-state index in [4.69, 9.17) is 11.6 Å². The molecular weight excluding hydrogens is 520 g/mol. The number of rotatable bonds is 4. The highest BCUT2D eigenvalue weighted by molar-refractivity contribution is 9.10. The Kier molecular flexibility index (Phi) is 6.99. The maximum Gasteiger partial charge on any atom is 0.258 e. The van der Waals surface area contributed by atoms with Crippen LogP contribution in [0.15, 0.2) is 53.0 Å². The summed E-state index contributed by atoms with van der Waals surface area (Å²) >= 11 is 10.9. The molecule has 172 valence electrons. The van der Waals surface area contributed by atoms with Crippen molar-refractivity contribution < 1.29 is 9.59 Å². The second-order valence-electron chi connectivity index (χ2n) is 9.44. The summed E-state index contributed by atoms with van der Waals surface area (Å²) < 4.78 is 0.905. The van der Waals surface area contributed by atoms with Crippen LogP contribution in [-0.2, 0) is 12.8 Å². The fourth-order valence-corrected chi connectivity index (χ4v) is 5.87. The summed E-state index contributed by atoms with van der Waals surface area (Å²) in [5.41, 5.74) is 3.02. The predicted octanol–water partition coefficient (Wildman–Crippen LogP) is 7.82. The number of fused-ring (bicyclic) bond motifs is 1. The number of hydrogen-bond donors (Lipinski definition) is 2. The molecule has 7 heteroatoms. The summed E-state index contributed by atoms with van der Waals surface area (Å²) in [5, 5.41) is 7.20. The van der Waals surface area contributed by atoms with Crippen LogP contribution in [0.1, 0.15) is 58.3 Å². The Labute approximate surface area is 211 Å². The molecule has 2 aromatic carbocycles. The lowest BCUT2D eigenvalue weighted by Gasteiger charge is -2.33. The van der Waals surface area contributed by atoms with Crippen LogP contribution in [0.3, 0.4) is 0 Å². The smallest absolute Gasteiger partial charge is 0.258 e. The van der Waals surface area contributed by atoms with Crippen molar-refractivity contribution >= 4 is 61.4 Å². The topological polar surface area (TPSA) is 58.2 Å². The van der Waals surface area contributed by atoms with E-state index >= 15 is 0 Å². The first-order valence-corrected chi connectivity index (χ1v) is 12.9. The van der Waals surface area contributed by atoms with Gasteiger partial charge in [-0.15, -0.1) is 11.3 Å². The largest absolute Gasteiger partial charge is 0.322 e. The molecule has 4 nitrogen and oxygen atoms in total. The minimum absolute atomic E-state index is 0.189. The van der Waals surface area contributed by atoms with Gasteiger partial charge in [-0.25, -0.2) is 0 Å². The second-order valence-corrected chi connectivity index (χ2v) is 11.9. The summed E-state index contributed by atoms with van der Waals surface area (Å²) in [4.78, 5) is 27.6. The maximum atomic E-state index is 13.4. The molecule has 2 amide bonds. The molecule has 4 rings (SSSR count). The van der Waals surface area contributed by atoms with E-state index in [0.29, 0.717) is 32.8 Å². The number of hydrogen-bond acceptors (Lipinski definition) is 3. The van der Waals surface area contributed by atoms with E-state index in [1.54, 1.807) is 36.4 Å². The third kappa shape index (κ3) is 5.51. The van der Waals surface area contributed by atoms with Crippen LogP contribution in [0.25, 0.3) is 0 Å². The quantitative estimate of drug-likeness (QED) is 0.351. The van der Waals surface area contributed by atoms with E-state index < -0.39 is 0 Å². The fraction of sp³-hybridized carbons (Fsp3) is 0.308. The van der Waals surface area contributed by atoms with Crippen LogP contribution in [0.4, 0.5) is 10.7 Å². The third-order valence-electron chi connectivity index (χ3n) is 6.15. The van der Waals surface area contributed by atoms with Gasteiger partial charge in [-0.1, -0.05) is 48.3 Å². The van der Waals surface area contributed by atoms with E-state index in [9.17, 15) is 9.59 Å². The summed E-state index contributed by atoms with van der Waals surface area (Å²) in [6.45, 7) is 6.79. The minimum atomic E-state index is -0.228. The fourth-order valence-electron chi connectivity index (χ4n) is 4.16. The van der Waals surface area contributed by atoms with Crippen molar-refractivity contribution in [1.82, 2.24) is 0 Å². The molecule has 2 N–H and O–H groups in total. The average Bonchev–Trinajstić information content (AvgIpc) is 3.12. The molecule has 1 heterocycles. The van der Waals surface area contributed by atoms with E-state index in [0.717, 1.165) is 29.3 Å². The summed E-state index contributed by atoms with van der Waals surface area (Å²) in [6, 6.07) is 14.2. The number of halogens is 2. The molecule has 0 fully saturated rings. The molecule has 3 aromatic rings. The lowest BCUT2D eigenvalue weighted by Crippen LogP contribution is -2.27. The molecule has 1 atom stereocenters. The predicted molar refractivity (Wildman–Crippen MR) is 141 cm³/mol. The third-order valence-corrected chi connectivity index (χ3v) is 8.10. The van der Waals surface area contributed by atoms with Gasteiger partial charge in [-0.3, -0.25) is 9.59 Å². The van der Waals surface area contributed by atoms with Crippen molar-refractivity contribution in [3.63, 3.8) is 0 Å². The van der Waals surface area contributed by atoms with E-state index in [1.807, 2.05) is 12.1 Å². The summed E-state index contributed by atoms with van der Waals surface area (Å²) in [6.07, 6.45) is 2.76. The molecule has 0 aliphatic heterocycles. The molecule has 1 aromatic heterocycles. The number of carbonyl (C=O) groups is 2. The number of amides is 2. The van der Waals surface area contributed by atoms with Gasteiger partial charge in [-0.2, -0.15) is 0 Å². The Hall–Kier alpha value is -2.15. The summed E-state index contributed by atoms with van der Waals surface area (Å²) in [5.74, 6) is 0.0926. The van der Waals surface area contributed by atoms with Gasteiger partial charge in [0, 0.05) is 25.6 Å². The zero-order valence-electron chi connectivity index (χ0n) is 18.8. The highest BCUT2D eigenvalue weighted by atomic mass is 79.9. The first-order chi connectivity index (χ1) is 15.6. The Balaban J connectivity index is 1.67. The zero-order valence-corrected chi connectivity index (χ0v) is 22.0. The Morgan fingerprint density at radius 1 is 1.00 bits per heavy atom. The van der Waals surface area contributed by atoms with Gasteiger partial charge in [0.05, 0.1) is 5.56 Å². The van der Waals surface area contributed by atoms with Gasteiger partial charge in [0.25, 0.3) is 11.8 Å². The monoisotopic (exact) mass is 544 g/mol. The van der Waals surface area contributed by atoms with Crippen molar-refractivity contribution in [3.05, 3.63) is 79.6 Å². The highest BCUT2D eigenvalue weighted by Gasteiger charge is 2.34. The first kappa shape index (κ1) is 24.0. The highest BCUT2D eigenvalue weighted by Crippen LogP contribution is 2.44. The van der Waals surface area contributed by atoms with Gasteiger partial charge in [-0.05, 0) is 84.7 Å². The second kappa shape index (κ2) is 9.61. The lowest BCUT2D eigenvalue weighted by molar-refractivity contribution is 0.102. The molecule has 1 unspecified atom stereocenters. The van der Waals surface area contributed by atoms with Gasteiger partial charge in [0.2, 0.25) is 0 Å².